The molecule has 17 heavy (non-hydrogen) atoms. The smallest absolute Gasteiger partial charge is 0.308 e. The monoisotopic (exact) mass is 237 g/mol. The number of aryl methyl sites for hydroxylation is 2. The fourth-order valence-corrected chi connectivity index (χ4v) is 2.24. The lowest BCUT2D eigenvalue weighted by atomic mass is 10.1. The number of carbonyl (C=O) groups is 2. The van der Waals surface area contributed by atoms with Crippen LogP contribution in [-0.2, 0) is 16.6 Å². The highest BCUT2D eigenvalue weighted by Gasteiger charge is 2.37. The van der Waals surface area contributed by atoms with Gasteiger partial charge in [0.15, 0.2) is 0 Å². The lowest BCUT2D eigenvalue weighted by Crippen LogP contribution is -2.26. The van der Waals surface area contributed by atoms with Crippen LogP contribution in [0.15, 0.2) is 0 Å². The highest BCUT2D eigenvalue weighted by molar-refractivity contribution is 6.00. The van der Waals surface area contributed by atoms with Crippen molar-refractivity contribution in [3.63, 3.8) is 0 Å². The molecule has 2 rings (SSSR count). The number of hydrogen-bond acceptors (Lipinski definition) is 3. The number of rotatable bonds is 2. The van der Waals surface area contributed by atoms with Gasteiger partial charge in [0.2, 0.25) is 5.91 Å². The van der Waals surface area contributed by atoms with E-state index in [0.29, 0.717) is 0 Å². The second kappa shape index (κ2) is 3.87. The van der Waals surface area contributed by atoms with Gasteiger partial charge in [-0.25, -0.2) is 0 Å². The summed E-state index contributed by atoms with van der Waals surface area (Å²) in [6, 6.07) is 0. The van der Waals surface area contributed by atoms with Crippen molar-refractivity contribution in [2.45, 2.75) is 20.3 Å². The molecule has 0 spiro atoms. The first-order valence-electron chi connectivity index (χ1n) is 5.45. The molecule has 0 bridgehead atoms. The Morgan fingerprint density at radius 3 is 2.53 bits per heavy atom. The molecule has 1 aliphatic rings. The van der Waals surface area contributed by atoms with Gasteiger partial charge < -0.3 is 10.0 Å². The fraction of sp³-hybridized carbons (Fsp3) is 0.545. The number of carbonyl (C=O) groups excluding carboxylic acids is 1. The maximum absolute atomic E-state index is 11.8. The van der Waals surface area contributed by atoms with Gasteiger partial charge in [0.1, 0.15) is 0 Å². The summed E-state index contributed by atoms with van der Waals surface area (Å²) < 4.78 is 1.70. The third kappa shape index (κ3) is 1.79. The van der Waals surface area contributed by atoms with Crippen molar-refractivity contribution in [3.05, 3.63) is 11.4 Å². The van der Waals surface area contributed by atoms with E-state index in [1.54, 1.807) is 11.7 Å². The molecule has 0 radical (unpaired) electrons. The van der Waals surface area contributed by atoms with Crippen LogP contribution in [0, 0.1) is 19.8 Å². The molecule has 1 unspecified atom stereocenters. The zero-order valence-electron chi connectivity index (χ0n) is 10.1. The van der Waals surface area contributed by atoms with E-state index in [4.69, 9.17) is 5.11 Å². The second-order valence-electron chi connectivity index (χ2n) is 4.39. The van der Waals surface area contributed by atoms with E-state index in [1.807, 2.05) is 13.8 Å². The van der Waals surface area contributed by atoms with Gasteiger partial charge >= 0.3 is 5.97 Å². The standard InChI is InChI=1S/C11H15N3O3/c1-6-10(7(2)13(3)12-6)14-5-8(11(16)17)4-9(14)15/h8H,4-5H2,1-3H3,(H,16,17). The summed E-state index contributed by atoms with van der Waals surface area (Å²) in [5, 5.41) is 13.2. The van der Waals surface area contributed by atoms with Crippen molar-refractivity contribution in [2.75, 3.05) is 11.4 Å². The molecule has 2 heterocycles. The molecular formula is C11H15N3O3. The predicted molar refractivity (Wildman–Crippen MR) is 60.8 cm³/mol. The molecule has 92 valence electrons. The quantitative estimate of drug-likeness (QED) is 0.811. The van der Waals surface area contributed by atoms with Crippen LogP contribution < -0.4 is 4.90 Å². The third-order valence-corrected chi connectivity index (χ3v) is 3.22. The topological polar surface area (TPSA) is 75.4 Å². The molecule has 1 saturated heterocycles. The zero-order valence-corrected chi connectivity index (χ0v) is 10.1. The molecule has 1 aromatic heterocycles. The molecular weight excluding hydrogens is 222 g/mol. The average molecular weight is 237 g/mol. The van der Waals surface area contributed by atoms with Crippen LogP contribution in [0.25, 0.3) is 0 Å². The van der Waals surface area contributed by atoms with E-state index in [2.05, 4.69) is 5.10 Å². The van der Waals surface area contributed by atoms with E-state index in [0.717, 1.165) is 17.1 Å². The van der Waals surface area contributed by atoms with Crippen LogP contribution >= 0.6 is 0 Å². The van der Waals surface area contributed by atoms with Crippen molar-refractivity contribution in [3.8, 4) is 0 Å². The molecule has 0 saturated carbocycles. The number of carboxylic acids is 1. The van der Waals surface area contributed by atoms with Gasteiger partial charge in [-0.1, -0.05) is 0 Å². The highest BCUT2D eigenvalue weighted by atomic mass is 16.4. The first-order chi connectivity index (χ1) is 7.91. The lowest BCUT2D eigenvalue weighted by molar-refractivity contribution is -0.141. The van der Waals surface area contributed by atoms with Crippen molar-refractivity contribution in [1.29, 1.82) is 0 Å². The normalized spacial score (nSPS) is 20.1. The molecule has 0 aromatic carbocycles. The van der Waals surface area contributed by atoms with Crippen molar-refractivity contribution >= 4 is 17.6 Å². The molecule has 1 aromatic rings. The summed E-state index contributed by atoms with van der Waals surface area (Å²) in [5.41, 5.74) is 2.38. The Bertz CT molecular complexity index is 492. The van der Waals surface area contributed by atoms with Crippen LogP contribution in [0.4, 0.5) is 5.69 Å². The van der Waals surface area contributed by atoms with Crippen molar-refractivity contribution < 1.29 is 14.7 Å². The van der Waals surface area contributed by atoms with Crippen LogP contribution in [0.3, 0.4) is 0 Å². The van der Waals surface area contributed by atoms with Gasteiger partial charge in [-0.15, -0.1) is 0 Å². The van der Waals surface area contributed by atoms with Crippen LogP contribution in [0.1, 0.15) is 17.8 Å². The minimum atomic E-state index is -0.917. The number of carboxylic acid groups (broad SMARTS) is 1. The Balaban J connectivity index is 2.35. The average Bonchev–Trinajstić information content (AvgIpc) is 2.70. The van der Waals surface area contributed by atoms with Gasteiger partial charge in [0.25, 0.3) is 0 Å². The summed E-state index contributed by atoms with van der Waals surface area (Å²) in [6.07, 6.45) is 0.0725. The Hall–Kier alpha value is -1.85. The first kappa shape index (κ1) is 11.6. The van der Waals surface area contributed by atoms with E-state index in [9.17, 15) is 9.59 Å². The Morgan fingerprint density at radius 1 is 1.47 bits per heavy atom. The molecule has 1 fully saturated rings. The zero-order chi connectivity index (χ0) is 12.7. The van der Waals surface area contributed by atoms with Crippen LogP contribution in [0.5, 0.6) is 0 Å². The number of aromatic nitrogens is 2. The van der Waals surface area contributed by atoms with Gasteiger partial charge in [0, 0.05) is 20.0 Å². The molecule has 1 atom stereocenters. The number of anilines is 1. The maximum Gasteiger partial charge on any atom is 0.308 e. The third-order valence-electron chi connectivity index (χ3n) is 3.22. The molecule has 1 aliphatic heterocycles. The first-order valence-corrected chi connectivity index (χ1v) is 5.45. The lowest BCUT2D eigenvalue weighted by Gasteiger charge is -2.16. The number of amides is 1. The summed E-state index contributed by atoms with van der Waals surface area (Å²) in [4.78, 5) is 24.3. The summed E-state index contributed by atoms with van der Waals surface area (Å²) in [6.45, 7) is 3.93. The molecule has 6 nitrogen and oxygen atoms in total. The van der Waals surface area contributed by atoms with Gasteiger partial charge in [-0.2, -0.15) is 5.10 Å². The Kier molecular flexibility index (Phi) is 2.65. The highest BCUT2D eigenvalue weighted by Crippen LogP contribution is 2.30. The van der Waals surface area contributed by atoms with Gasteiger partial charge in [-0.05, 0) is 13.8 Å². The summed E-state index contributed by atoms with van der Waals surface area (Å²) >= 11 is 0. The van der Waals surface area contributed by atoms with Crippen LogP contribution in [-0.4, -0.2) is 33.3 Å². The SMILES string of the molecule is Cc1nn(C)c(C)c1N1CC(C(=O)O)CC1=O. The number of hydrogen-bond donors (Lipinski definition) is 1. The van der Waals surface area contributed by atoms with Crippen molar-refractivity contribution in [2.24, 2.45) is 13.0 Å². The van der Waals surface area contributed by atoms with E-state index in [-0.39, 0.29) is 18.9 Å². The van der Waals surface area contributed by atoms with E-state index < -0.39 is 11.9 Å². The summed E-state index contributed by atoms with van der Waals surface area (Å²) in [7, 11) is 1.81. The Morgan fingerprint density at radius 2 is 2.12 bits per heavy atom. The fourth-order valence-electron chi connectivity index (χ4n) is 2.24. The molecule has 0 aliphatic carbocycles. The van der Waals surface area contributed by atoms with E-state index in [1.165, 1.54) is 4.90 Å². The number of aliphatic carboxylic acids is 1. The van der Waals surface area contributed by atoms with E-state index >= 15 is 0 Å². The summed E-state index contributed by atoms with van der Waals surface area (Å²) in [5.74, 6) is -1.67. The Labute approximate surface area is 98.8 Å². The second-order valence-corrected chi connectivity index (χ2v) is 4.39. The largest absolute Gasteiger partial charge is 0.481 e. The minimum Gasteiger partial charge on any atom is -0.481 e. The number of nitrogens with zero attached hydrogens (tertiary/aromatic N) is 3. The molecule has 1 amide bonds. The maximum atomic E-state index is 11.8. The predicted octanol–water partition coefficient (Wildman–Crippen LogP) is 0.474. The van der Waals surface area contributed by atoms with Gasteiger partial charge in [0.05, 0.1) is 23.0 Å². The van der Waals surface area contributed by atoms with Crippen molar-refractivity contribution in [1.82, 2.24) is 9.78 Å². The van der Waals surface area contributed by atoms with Crippen LogP contribution in [0.2, 0.25) is 0 Å². The minimum absolute atomic E-state index is 0.0725. The molecule has 1 N–H and O–H groups in total. The van der Waals surface area contributed by atoms with Gasteiger partial charge in [-0.3, -0.25) is 14.3 Å². The molecule has 6 heteroatoms.